The Hall–Kier alpha value is -1.55. The molecule has 0 saturated heterocycles. The molecule has 1 fully saturated rings. The lowest BCUT2D eigenvalue weighted by molar-refractivity contribution is 0.0575. The SMILES string of the molecule is CN(CC1CCCCC1O)C(=O)Nc1ccccc1. The van der Waals surface area contributed by atoms with Crippen LogP contribution >= 0.6 is 0 Å². The summed E-state index contributed by atoms with van der Waals surface area (Å²) in [4.78, 5) is 13.7. The molecule has 2 rings (SSSR count). The second kappa shape index (κ2) is 6.57. The van der Waals surface area contributed by atoms with Crippen molar-refractivity contribution < 1.29 is 9.90 Å². The number of nitrogens with zero attached hydrogens (tertiary/aromatic N) is 1. The first-order chi connectivity index (χ1) is 9.16. The normalized spacial score (nSPS) is 22.8. The quantitative estimate of drug-likeness (QED) is 0.880. The number of benzene rings is 1. The van der Waals surface area contributed by atoms with E-state index in [1.165, 1.54) is 0 Å². The van der Waals surface area contributed by atoms with Gasteiger partial charge in [0.25, 0.3) is 0 Å². The van der Waals surface area contributed by atoms with E-state index >= 15 is 0 Å². The highest BCUT2D eigenvalue weighted by atomic mass is 16.3. The van der Waals surface area contributed by atoms with Crippen LogP contribution in [0.3, 0.4) is 0 Å². The predicted octanol–water partition coefficient (Wildman–Crippen LogP) is 2.70. The van der Waals surface area contributed by atoms with Crippen LogP contribution in [0.5, 0.6) is 0 Å². The molecule has 19 heavy (non-hydrogen) atoms. The van der Waals surface area contributed by atoms with Crippen molar-refractivity contribution in [2.75, 3.05) is 18.9 Å². The summed E-state index contributed by atoms with van der Waals surface area (Å²) in [6, 6.07) is 9.30. The van der Waals surface area contributed by atoms with Crippen molar-refractivity contribution in [2.24, 2.45) is 5.92 Å². The number of amides is 2. The third-order valence-electron chi connectivity index (χ3n) is 3.75. The molecule has 0 bridgehead atoms. The Labute approximate surface area is 114 Å². The summed E-state index contributed by atoms with van der Waals surface area (Å²) in [6.45, 7) is 0.611. The van der Waals surface area contributed by atoms with Gasteiger partial charge in [-0.3, -0.25) is 0 Å². The first-order valence-corrected chi connectivity index (χ1v) is 6.92. The van der Waals surface area contributed by atoms with E-state index < -0.39 is 0 Å². The molecule has 0 aliphatic heterocycles. The van der Waals surface area contributed by atoms with Gasteiger partial charge in [-0.05, 0) is 25.0 Å². The Morgan fingerprint density at radius 2 is 2.00 bits per heavy atom. The number of aliphatic hydroxyl groups excluding tert-OH is 1. The number of carbonyl (C=O) groups is 1. The first kappa shape index (κ1) is 13.9. The molecule has 2 amide bonds. The average Bonchev–Trinajstić information content (AvgIpc) is 2.42. The van der Waals surface area contributed by atoms with Gasteiger partial charge in [0.1, 0.15) is 0 Å². The summed E-state index contributed by atoms with van der Waals surface area (Å²) in [7, 11) is 1.78. The van der Waals surface area contributed by atoms with Gasteiger partial charge in [-0.25, -0.2) is 4.79 Å². The largest absolute Gasteiger partial charge is 0.393 e. The van der Waals surface area contributed by atoms with Crippen molar-refractivity contribution in [3.8, 4) is 0 Å². The summed E-state index contributed by atoms with van der Waals surface area (Å²) in [5.74, 6) is 0.209. The smallest absolute Gasteiger partial charge is 0.321 e. The number of para-hydroxylation sites is 1. The van der Waals surface area contributed by atoms with Crippen molar-refractivity contribution in [1.82, 2.24) is 4.90 Å². The van der Waals surface area contributed by atoms with E-state index in [2.05, 4.69) is 5.32 Å². The summed E-state index contributed by atoms with van der Waals surface area (Å²) in [5, 5.41) is 12.8. The number of carbonyl (C=O) groups excluding carboxylic acids is 1. The van der Waals surface area contributed by atoms with Crippen LogP contribution < -0.4 is 5.32 Å². The lowest BCUT2D eigenvalue weighted by Gasteiger charge is -2.31. The Morgan fingerprint density at radius 1 is 1.32 bits per heavy atom. The maximum Gasteiger partial charge on any atom is 0.321 e. The number of hydrogen-bond donors (Lipinski definition) is 2. The molecule has 4 nitrogen and oxygen atoms in total. The van der Waals surface area contributed by atoms with E-state index in [9.17, 15) is 9.90 Å². The van der Waals surface area contributed by atoms with Gasteiger partial charge in [0, 0.05) is 25.2 Å². The zero-order chi connectivity index (χ0) is 13.7. The molecule has 1 saturated carbocycles. The van der Waals surface area contributed by atoms with Gasteiger partial charge in [0.05, 0.1) is 6.10 Å². The number of urea groups is 1. The molecular formula is C15H22N2O2. The van der Waals surface area contributed by atoms with Crippen LogP contribution in [0.2, 0.25) is 0 Å². The molecule has 2 unspecified atom stereocenters. The monoisotopic (exact) mass is 262 g/mol. The van der Waals surface area contributed by atoms with E-state index in [4.69, 9.17) is 0 Å². The Morgan fingerprint density at radius 3 is 2.68 bits per heavy atom. The molecule has 4 heteroatoms. The first-order valence-electron chi connectivity index (χ1n) is 6.92. The molecule has 0 heterocycles. The standard InChI is InChI=1S/C15H22N2O2/c1-17(11-12-7-5-6-10-14(12)18)15(19)16-13-8-3-2-4-9-13/h2-4,8-9,12,14,18H,5-7,10-11H2,1H3,(H,16,19). The van der Waals surface area contributed by atoms with Crippen LogP contribution in [0, 0.1) is 5.92 Å². The second-order valence-electron chi connectivity index (χ2n) is 5.29. The molecule has 1 aliphatic carbocycles. The summed E-state index contributed by atoms with van der Waals surface area (Å²) < 4.78 is 0. The van der Waals surface area contributed by atoms with Crippen LogP contribution in [0.15, 0.2) is 30.3 Å². The van der Waals surface area contributed by atoms with Crippen molar-refractivity contribution in [3.05, 3.63) is 30.3 Å². The molecular weight excluding hydrogens is 240 g/mol. The molecule has 2 atom stereocenters. The van der Waals surface area contributed by atoms with Crippen LogP contribution in [-0.2, 0) is 0 Å². The number of aliphatic hydroxyl groups is 1. The van der Waals surface area contributed by atoms with Crippen molar-refractivity contribution in [2.45, 2.75) is 31.8 Å². The average molecular weight is 262 g/mol. The summed E-state index contributed by atoms with van der Waals surface area (Å²) >= 11 is 0. The van der Waals surface area contributed by atoms with Gasteiger partial charge in [-0.1, -0.05) is 31.0 Å². The zero-order valence-corrected chi connectivity index (χ0v) is 11.4. The number of nitrogens with one attached hydrogen (secondary N) is 1. The van der Waals surface area contributed by atoms with Crippen LogP contribution in [0.4, 0.5) is 10.5 Å². The number of anilines is 1. The van der Waals surface area contributed by atoms with Gasteiger partial charge in [-0.15, -0.1) is 0 Å². The van der Waals surface area contributed by atoms with Gasteiger partial charge >= 0.3 is 6.03 Å². The third-order valence-corrected chi connectivity index (χ3v) is 3.75. The molecule has 0 radical (unpaired) electrons. The Kier molecular flexibility index (Phi) is 4.80. The van der Waals surface area contributed by atoms with Crippen molar-refractivity contribution >= 4 is 11.7 Å². The zero-order valence-electron chi connectivity index (χ0n) is 11.4. The van der Waals surface area contributed by atoms with Crippen molar-refractivity contribution in [1.29, 1.82) is 0 Å². The minimum Gasteiger partial charge on any atom is -0.393 e. The summed E-state index contributed by atoms with van der Waals surface area (Å²) in [5.41, 5.74) is 0.795. The fourth-order valence-electron chi connectivity index (χ4n) is 2.58. The van der Waals surface area contributed by atoms with E-state index in [0.717, 1.165) is 31.4 Å². The van der Waals surface area contributed by atoms with E-state index in [-0.39, 0.29) is 18.1 Å². The number of hydrogen-bond acceptors (Lipinski definition) is 2. The van der Waals surface area contributed by atoms with Crippen molar-refractivity contribution in [3.63, 3.8) is 0 Å². The molecule has 0 spiro atoms. The van der Waals surface area contributed by atoms with Gasteiger partial charge in [-0.2, -0.15) is 0 Å². The molecule has 1 aromatic rings. The fraction of sp³-hybridized carbons (Fsp3) is 0.533. The van der Waals surface area contributed by atoms with E-state index in [1.807, 2.05) is 30.3 Å². The highest BCUT2D eigenvalue weighted by Gasteiger charge is 2.25. The van der Waals surface area contributed by atoms with E-state index in [1.54, 1.807) is 11.9 Å². The fourth-order valence-corrected chi connectivity index (χ4v) is 2.58. The van der Waals surface area contributed by atoms with Gasteiger partial charge < -0.3 is 15.3 Å². The van der Waals surface area contributed by atoms with E-state index in [0.29, 0.717) is 6.54 Å². The number of rotatable bonds is 3. The molecule has 2 N–H and O–H groups in total. The van der Waals surface area contributed by atoms with Gasteiger partial charge in [0.15, 0.2) is 0 Å². The molecule has 1 aromatic carbocycles. The maximum atomic E-state index is 12.0. The third kappa shape index (κ3) is 3.96. The highest BCUT2D eigenvalue weighted by molar-refractivity contribution is 5.89. The highest BCUT2D eigenvalue weighted by Crippen LogP contribution is 2.25. The lowest BCUT2D eigenvalue weighted by atomic mass is 9.86. The lowest BCUT2D eigenvalue weighted by Crippen LogP contribution is -2.40. The molecule has 104 valence electrons. The molecule has 1 aliphatic rings. The minimum absolute atomic E-state index is 0.121. The second-order valence-corrected chi connectivity index (χ2v) is 5.29. The Bertz CT molecular complexity index is 408. The van der Waals surface area contributed by atoms with Crippen LogP contribution in [0.1, 0.15) is 25.7 Å². The Balaban J connectivity index is 1.85. The topological polar surface area (TPSA) is 52.6 Å². The maximum absolute atomic E-state index is 12.0. The summed E-state index contributed by atoms with van der Waals surface area (Å²) in [6.07, 6.45) is 3.84. The van der Waals surface area contributed by atoms with Crippen LogP contribution in [-0.4, -0.2) is 35.7 Å². The van der Waals surface area contributed by atoms with Gasteiger partial charge in [0.2, 0.25) is 0 Å². The predicted molar refractivity (Wildman–Crippen MR) is 76.1 cm³/mol. The van der Waals surface area contributed by atoms with Crippen LogP contribution in [0.25, 0.3) is 0 Å². The molecule has 0 aromatic heterocycles. The minimum atomic E-state index is -0.263.